The van der Waals surface area contributed by atoms with Crippen LogP contribution in [0, 0.1) is 0 Å². The second-order valence-electron chi connectivity index (χ2n) is 3.33. The van der Waals surface area contributed by atoms with Crippen molar-refractivity contribution in [3.05, 3.63) is 41.2 Å². The molecule has 88 valence electrons. The van der Waals surface area contributed by atoms with Gasteiger partial charge in [-0.3, -0.25) is 10.1 Å². The van der Waals surface area contributed by atoms with Gasteiger partial charge in [0.2, 0.25) is 5.95 Å². The van der Waals surface area contributed by atoms with Crippen molar-refractivity contribution in [1.82, 2.24) is 9.97 Å². The van der Waals surface area contributed by atoms with Crippen LogP contribution in [0.5, 0.6) is 0 Å². The Kier molecular flexibility index (Phi) is 3.30. The van der Waals surface area contributed by atoms with E-state index in [9.17, 15) is 4.79 Å². The second kappa shape index (κ2) is 4.88. The fourth-order valence-electron chi connectivity index (χ4n) is 1.43. The van der Waals surface area contributed by atoms with Crippen molar-refractivity contribution in [3.8, 4) is 0 Å². The highest BCUT2D eigenvalue weighted by molar-refractivity contribution is 6.31. The molecule has 1 heterocycles. The lowest BCUT2D eigenvalue weighted by Gasteiger charge is -2.08. The summed E-state index contributed by atoms with van der Waals surface area (Å²) in [5.41, 5.74) is 1.18. The van der Waals surface area contributed by atoms with E-state index < -0.39 is 0 Å². The fourth-order valence-corrected chi connectivity index (χ4v) is 1.60. The first-order chi connectivity index (χ1) is 8.20. The van der Waals surface area contributed by atoms with Crippen LogP contribution in [0.1, 0.15) is 10.4 Å². The Bertz CT molecular complexity index is 524. The van der Waals surface area contributed by atoms with Gasteiger partial charge in [0.05, 0.1) is 5.56 Å². The van der Waals surface area contributed by atoms with E-state index in [1.807, 2.05) is 0 Å². The summed E-state index contributed by atoms with van der Waals surface area (Å²) in [6.07, 6.45) is 3.19. The maximum absolute atomic E-state index is 12.0. The number of amides is 1. The number of anilines is 2. The molecule has 0 bridgehead atoms. The average Bonchev–Trinajstić information content (AvgIpc) is 2.81. The van der Waals surface area contributed by atoms with Gasteiger partial charge in [0.15, 0.2) is 0 Å². The molecule has 17 heavy (non-hydrogen) atoms. The van der Waals surface area contributed by atoms with Crippen LogP contribution in [0.4, 0.5) is 11.6 Å². The summed E-state index contributed by atoms with van der Waals surface area (Å²) in [7, 11) is 1.74. The lowest BCUT2D eigenvalue weighted by Crippen LogP contribution is -2.14. The van der Waals surface area contributed by atoms with Crippen LogP contribution in [-0.4, -0.2) is 22.9 Å². The quantitative estimate of drug-likeness (QED) is 0.783. The van der Waals surface area contributed by atoms with Gasteiger partial charge < -0.3 is 10.3 Å². The number of hydrogen-bond acceptors (Lipinski definition) is 3. The fraction of sp³-hybridized carbons (Fsp3) is 0.0909. The van der Waals surface area contributed by atoms with E-state index >= 15 is 0 Å². The summed E-state index contributed by atoms with van der Waals surface area (Å²) < 4.78 is 0. The van der Waals surface area contributed by atoms with Gasteiger partial charge in [-0.15, -0.1) is 0 Å². The number of aromatic nitrogens is 2. The van der Waals surface area contributed by atoms with Crippen LogP contribution >= 0.6 is 11.6 Å². The van der Waals surface area contributed by atoms with E-state index in [1.54, 1.807) is 37.6 Å². The van der Waals surface area contributed by atoms with Gasteiger partial charge in [-0.05, 0) is 18.2 Å². The van der Waals surface area contributed by atoms with E-state index in [0.29, 0.717) is 22.2 Å². The maximum atomic E-state index is 12.0. The first-order valence-electron chi connectivity index (χ1n) is 4.98. The number of rotatable bonds is 3. The van der Waals surface area contributed by atoms with Gasteiger partial charge in [0.25, 0.3) is 5.91 Å². The van der Waals surface area contributed by atoms with Gasteiger partial charge in [0.1, 0.15) is 0 Å². The number of carbonyl (C=O) groups is 1. The highest BCUT2D eigenvalue weighted by Crippen LogP contribution is 2.20. The predicted octanol–water partition coefficient (Wildman–Crippen LogP) is 2.36. The maximum Gasteiger partial charge on any atom is 0.260 e. The first kappa shape index (κ1) is 11.5. The number of hydrogen-bond donors (Lipinski definition) is 3. The van der Waals surface area contributed by atoms with Crippen LogP contribution in [0.25, 0.3) is 0 Å². The van der Waals surface area contributed by atoms with E-state index in [0.717, 1.165) is 0 Å². The minimum atomic E-state index is -0.271. The molecule has 0 unspecified atom stereocenters. The topological polar surface area (TPSA) is 69.8 Å². The lowest BCUT2D eigenvalue weighted by molar-refractivity contribution is 0.102. The molecule has 0 aliphatic heterocycles. The van der Waals surface area contributed by atoms with E-state index in [4.69, 9.17) is 11.6 Å². The second-order valence-corrected chi connectivity index (χ2v) is 3.77. The molecular formula is C11H11ClN4O. The molecule has 0 spiro atoms. The van der Waals surface area contributed by atoms with Crippen LogP contribution < -0.4 is 10.6 Å². The van der Waals surface area contributed by atoms with Crippen molar-refractivity contribution in [3.63, 3.8) is 0 Å². The normalized spacial score (nSPS) is 10.0. The number of nitrogens with one attached hydrogen (secondary N) is 3. The molecule has 0 radical (unpaired) electrons. The number of nitrogens with zero attached hydrogens (tertiary/aromatic N) is 1. The van der Waals surface area contributed by atoms with Crippen LogP contribution in [-0.2, 0) is 0 Å². The number of halogens is 1. The van der Waals surface area contributed by atoms with Gasteiger partial charge in [-0.1, -0.05) is 11.6 Å². The first-order valence-corrected chi connectivity index (χ1v) is 5.36. The number of H-pyrrole nitrogens is 1. The SMILES string of the molecule is CNc1ccc(Cl)cc1C(=O)Nc1ncc[nH]1. The molecule has 5 nitrogen and oxygen atoms in total. The van der Waals surface area contributed by atoms with Crippen molar-refractivity contribution in [2.75, 3.05) is 17.7 Å². The molecule has 2 aromatic rings. The summed E-state index contributed by atoms with van der Waals surface area (Å²) in [6, 6.07) is 5.07. The van der Waals surface area contributed by atoms with Gasteiger partial charge in [-0.25, -0.2) is 4.98 Å². The molecule has 0 saturated heterocycles. The largest absolute Gasteiger partial charge is 0.387 e. The predicted molar refractivity (Wildman–Crippen MR) is 67.5 cm³/mol. The van der Waals surface area contributed by atoms with Crippen molar-refractivity contribution in [1.29, 1.82) is 0 Å². The molecule has 3 N–H and O–H groups in total. The molecule has 0 atom stereocenters. The lowest BCUT2D eigenvalue weighted by atomic mass is 10.1. The van der Waals surface area contributed by atoms with Crippen molar-refractivity contribution in [2.24, 2.45) is 0 Å². The highest BCUT2D eigenvalue weighted by Gasteiger charge is 2.12. The van der Waals surface area contributed by atoms with Crippen LogP contribution in [0.2, 0.25) is 5.02 Å². The zero-order valence-electron chi connectivity index (χ0n) is 9.12. The monoisotopic (exact) mass is 250 g/mol. The molecule has 1 aromatic heterocycles. The third kappa shape index (κ3) is 2.57. The Morgan fingerprint density at radius 3 is 2.94 bits per heavy atom. The Morgan fingerprint density at radius 1 is 1.47 bits per heavy atom. The van der Waals surface area contributed by atoms with Crippen molar-refractivity contribution < 1.29 is 4.79 Å². The number of imidazole rings is 1. The summed E-state index contributed by atoms with van der Waals surface area (Å²) in [5, 5.41) is 6.08. The third-order valence-corrected chi connectivity index (χ3v) is 2.46. The number of carbonyl (C=O) groups excluding carboxylic acids is 1. The summed E-state index contributed by atoms with van der Waals surface area (Å²) >= 11 is 5.87. The van der Waals surface area contributed by atoms with Crippen molar-refractivity contribution >= 4 is 29.1 Å². The van der Waals surface area contributed by atoms with Crippen LogP contribution in [0.3, 0.4) is 0 Å². The molecule has 0 aliphatic rings. The van der Waals surface area contributed by atoms with Gasteiger partial charge in [-0.2, -0.15) is 0 Å². The Morgan fingerprint density at radius 2 is 2.29 bits per heavy atom. The molecule has 1 aromatic carbocycles. The minimum absolute atomic E-state index is 0.271. The molecule has 2 rings (SSSR count). The zero-order chi connectivity index (χ0) is 12.3. The minimum Gasteiger partial charge on any atom is -0.387 e. The number of benzene rings is 1. The summed E-state index contributed by atoms with van der Waals surface area (Å²) in [6.45, 7) is 0. The standard InChI is InChI=1S/C11H11ClN4O/c1-13-9-3-2-7(12)6-8(9)10(17)16-11-14-4-5-15-11/h2-6,13H,1H3,(H2,14,15,16,17). The van der Waals surface area contributed by atoms with Gasteiger partial charge in [0, 0.05) is 30.2 Å². The van der Waals surface area contributed by atoms with E-state index in [2.05, 4.69) is 20.6 Å². The van der Waals surface area contributed by atoms with E-state index in [-0.39, 0.29) is 5.91 Å². The smallest absolute Gasteiger partial charge is 0.260 e. The molecule has 0 aliphatic carbocycles. The average molecular weight is 251 g/mol. The Hall–Kier alpha value is -2.01. The zero-order valence-corrected chi connectivity index (χ0v) is 9.88. The molecule has 1 amide bonds. The third-order valence-electron chi connectivity index (χ3n) is 2.23. The van der Waals surface area contributed by atoms with Crippen molar-refractivity contribution in [2.45, 2.75) is 0 Å². The van der Waals surface area contributed by atoms with Gasteiger partial charge >= 0.3 is 0 Å². The summed E-state index contributed by atoms with van der Waals surface area (Å²) in [4.78, 5) is 18.7. The molecular weight excluding hydrogens is 240 g/mol. The molecule has 0 saturated carbocycles. The molecule has 6 heteroatoms. The summed E-state index contributed by atoms with van der Waals surface area (Å²) in [5.74, 6) is 0.129. The Balaban J connectivity index is 2.26. The highest BCUT2D eigenvalue weighted by atomic mass is 35.5. The van der Waals surface area contributed by atoms with E-state index in [1.165, 1.54) is 0 Å². The number of aromatic amines is 1. The van der Waals surface area contributed by atoms with Crippen LogP contribution in [0.15, 0.2) is 30.6 Å². The Labute approximate surface area is 103 Å². The molecule has 0 fully saturated rings.